The molecule has 25 heavy (non-hydrogen) atoms. The normalized spacial score (nSPS) is 13.8. The molecule has 0 radical (unpaired) electrons. The average molecular weight is 354 g/mol. The fourth-order valence-corrected chi connectivity index (χ4v) is 5.87. The van der Waals surface area contributed by atoms with Crippen molar-refractivity contribution in [1.82, 2.24) is 0 Å². The third kappa shape index (κ3) is 3.37. The van der Waals surface area contributed by atoms with Gasteiger partial charge in [0.2, 0.25) is 0 Å². The number of hydrogen-bond donors (Lipinski definition) is 2. The van der Waals surface area contributed by atoms with Crippen LogP contribution in [0.1, 0.15) is 19.4 Å². The van der Waals surface area contributed by atoms with Crippen LogP contribution in [0.2, 0.25) is 0 Å². The Kier molecular flexibility index (Phi) is 4.52. The summed E-state index contributed by atoms with van der Waals surface area (Å²) in [6.45, 7) is 3.70. The van der Waals surface area contributed by atoms with Crippen molar-refractivity contribution in [1.29, 1.82) is 0 Å². The summed E-state index contributed by atoms with van der Waals surface area (Å²) in [5.41, 5.74) is -0.0205. The van der Waals surface area contributed by atoms with Crippen molar-refractivity contribution in [3.8, 4) is 0 Å². The van der Waals surface area contributed by atoms with E-state index in [1.807, 2.05) is 56.3 Å². The molecule has 0 saturated heterocycles. The van der Waals surface area contributed by atoms with E-state index in [0.717, 1.165) is 5.56 Å². The fraction of sp³-hybridized carbons (Fsp3) is 0.143. The quantitative estimate of drug-likeness (QED) is 0.684. The van der Waals surface area contributed by atoms with Gasteiger partial charge < -0.3 is 0 Å². The summed E-state index contributed by atoms with van der Waals surface area (Å²) in [4.78, 5) is 23.4. The molecule has 0 bridgehead atoms. The van der Waals surface area contributed by atoms with Crippen molar-refractivity contribution in [2.24, 2.45) is 0 Å². The zero-order valence-corrected chi connectivity index (χ0v) is 15.3. The van der Waals surface area contributed by atoms with E-state index in [9.17, 15) is 9.79 Å². The number of benzene rings is 3. The van der Waals surface area contributed by atoms with Crippen molar-refractivity contribution in [3.05, 3.63) is 96.6 Å². The molecule has 0 spiro atoms. The Morgan fingerprint density at radius 3 is 1.40 bits per heavy atom. The van der Waals surface area contributed by atoms with Gasteiger partial charge in [-0.15, -0.1) is 0 Å². The first-order valence-electron chi connectivity index (χ1n) is 8.22. The van der Waals surface area contributed by atoms with Crippen LogP contribution in [-0.2, 0) is 10.1 Å². The minimum atomic E-state index is -4.82. The zero-order chi connectivity index (χ0) is 18.0. The third-order valence-corrected chi connectivity index (χ3v) is 7.57. The van der Waals surface area contributed by atoms with Crippen LogP contribution >= 0.6 is 7.28 Å². The van der Waals surface area contributed by atoms with E-state index >= 15 is 0 Å². The molecule has 0 unspecified atom stereocenters. The summed E-state index contributed by atoms with van der Waals surface area (Å²) < 4.78 is 6.21. The second-order valence-corrected chi connectivity index (χ2v) is 9.70. The van der Waals surface area contributed by atoms with Crippen molar-refractivity contribution in [2.45, 2.75) is 19.4 Å². The van der Waals surface area contributed by atoms with Gasteiger partial charge in [0.05, 0.1) is 0 Å². The molecule has 130 valence electrons. The Labute approximate surface area is 148 Å². The van der Waals surface area contributed by atoms with E-state index in [4.69, 9.17) is 4.52 Å². The number of rotatable bonds is 5. The second kappa shape index (κ2) is 6.36. The molecule has 4 heteroatoms. The molecule has 0 heterocycles. The first kappa shape index (κ1) is 17.8. The van der Waals surface area contributed by atoms with Gasteiger partial charge in [0.25, 0.3) is 0 Å². The van der Waals surface area contributed by atoms with Gasteiger partial charge in [-0.05, 0) is 0 Å². The Hall–Kier alpha value is -2.03. The van der Waals surface area contributed by atoms with Crippen LogP contribution in [0.25, 0.3) is 0 Å². The molecule has 0 fully saturated rings. The molecule has 3 nitrogen and oxygen atoms in total. The molecular weight excluding hydrogens is 331 g/mol. The molecule has 0 aliphatic heterocycles. The van der Waals surface area contributed by atoms with Gasteiger partial charge in [-0.3, -0.25) is 0 Å². The predicted molar refractivity (Wildman–Crippen MR) is 104 cm³/mol. The molecule has 2 N–H and O–H groups in total. The van der Waals surface area contributed by atoms with Crippen molar-refractivity contribution < 1.29 is 14.3 Å². The van der Waals surface area contributed by atoms with Gasteiger partial charge in [-0.1, -0.05) is 0 Å². The van der Waals surface area contributed by atoms with Gasteiger partial charge in [0.15, 0.2) is 0 Å². The van der Waals surface area contributed by atoms with E-state index in [2.05, 4.69) is 0 Å². The van der Waals surface area contributed by atoms with Gasteiger partial charge in [0, 0.05) is 0 Å². The van der Waals surface area contributed by atoms with Crippen LogP contribution in [0.3, 0.4) is 0 Å². The maximum absolute atomic E-state index is 11.7. The first-order chi connectivity index (χ1) is 11.8. The zero-order valence-electron chi connectivity index (χ0n) is 14.4. The van der Waals surface area contributed by atoms with Crippen molar-refractivity contribution in [3.63, 3.8) is 0 Å². The van der Waals surface area contributed by atoms with E-state index in [1.165, 1.54) is 0 Å². The van der Waals surface area contributed by atoms with Crippen molar-refractivity contribution in [2.75, 3.05) is 0 Å². The fourth-order valence-electron chi connectivity index (χ4n) is 2.97. The van der Waals surface area contributed by atoms with E-state index in [1.54, 1.807) is 48.5 Å². The summed E-state index contributed by atoms with van der Waals surface area (Å²) in [6, 6.07) is 27.2. The van der Waals surface area contributed by atoms with Crippen LogP contribution in [-0.4, -0.2) is 9.79 Å². The van der Waals surface area contributed by atoms with E-state index in [0.29, 0.717) is 10.6 Å². The van der Waals surface area contributed by atoms with Crippen molar-refractivity contribution >= 4 is 17.9 Å². The monoisotopic (exact) mass is 354 g/mol. The van der Waals surface area contributed by atoms with Gasteiger partial charge in [-0.25, -0.2) is 0 Å². The van der Waals surface area contributed by atoms with Crippen LogP contribution in [0, 0.1) is 0 Å². The summed E-state index contributed by atoms with van der Waals surface area (Å²) in [7, 11) is -4.82. The Balaban J connectivity index is 2.17. The molecule has 3 aromatic carbocycles. The molecule has 0 aromatic heterocycles. The predicted octanol–water partition coefficient (Wildman–Crippen LogP) is 3.87. The maximum atomic E-state index is 11.7. The summed E-state index contributed by atoms with van der Waals surface area (Å²) in [5.74, 6) is 0. The van der Waals surface area contributed by atoms with Crippen LogP contribution < -0.4 is 10.6 Å². The summed E-state index contributed by atoms with van der Waals surface area (Å²) in [6.07, 6.45) is 0. The molecule has 0 atom stereocenters. The van der Waals surface area contributed by atoms with E-state index in [-0.39, 0.29) is 0 Å². The molecule has 0 aliphatic rings. The molecular formula is C21H23O3P. The Bertz CT molecular complexity index is 787. The first-order valence-corrected chi connectivity index (χ1v) is 10.3. The van der Waals surface area contributed by atoms with E-state index < -0.39 is 12.9 Å². The summed E-state index contributed by atoms with van der Waals surface area (Å²) in [5, 5.41) is 0.757. The molecule has 3 rings (SSSR count). The van der Waals surface area contributed by atoms with Crippen LogP contribution in [0.5, 0.6) is 0 Å². The SMILES string of the molecule is CC(C)(OP(O)(O)(c1ccccc1)c1ccccc1)c1ccccc1. The average Bonchev–Trinajstić information content (AvgIpc) is 2.63. The minimum absolute atomic E-state index is 0.378. The van der Waals surface area contributed by atoms with Gasteiger partial charge >= 0.3 is 148 Å². The topological polar surface area (TPSA) is 49.7 Å². The molecule has 0 saturated carbocycles. The number of hydrogen-bond acceptors (Lipinski definition) is 3. The Morgan fingerprint density at radius 1 is 0.640 bits per heavy atom. The third-order valence-electron chi connectivity index (χ3n) is 4.31. The van der Waals surface area contributed by atoms with Gasteiger partial charge in [-0.2, -0.15) is 0 Å². The molecule has 3 aromatic rings. The Morgan fingerprint density at radius 2 is 1.00 bits per heavy atom. The summed E-state index contributed by atoms with van der Waals surface area (Å²) >= 11 is 0. The second-order valence-electron chi connectivity index (χ2n) is 6.59. The standard InChI is InChI=1S/C21H23O3P/c1-21(2,18-12-6-3-7-13-18)24-25(22,23,19-14-8-4-9-15-19)20-16-10-5-11-17-20/h3-17,22-23H,1-2H3. The molecule has 0 aliphatic carbocycles. The van der Waals surface area contributed by atoms with Gasteiger partial charge in [0.1, 0.15) is 0 Å². The van der Waals surface area contributed by atoms with Crippen LogP contribution in [0.15, 0.2) is 91.0 Å². The van der Waals surface area contributed by atoms with Crippen LogP contribution in [0.4, 0.5) is 0 Å². The molecule has 0 amide bonds.